The maximum Gasteiger partial charge on any atom is 0.303 e. The van der Waals surface area contributed by atoms with E-state index in [-0.39, 0.29) is 18.3 Å². The van der Waals surface area contributed by atoms with E-state index in [4.69, 9.17) is 9.29 Å². The van der Waals surface area contributed by atoms with Gasteiger partial charge in [-0.05, 0) is 44.2 Å². The fraction of sp³-hybridized carbons (Fsp3) is 0.263. The first-order chi connectivity index (χ1) is 14.1. The molecular weight excluding hydrogens is 417 g/mol. The van der Waals surface area contributed by atoms with Crippen LogP contribution in [0, 0.1) is 5.82 Å². The summed E-state index contributed by atoms with van der Waals surface area (Å²) in [5, 5.41) is 5.20. The van der Waals surface area contributed by atoms with Gasteiger partial charge in [0, 0.05) is 18.7 Å². The molecule has 0 saturated heterocycles. The Kier molecular flexibility index (Phi) is 6.06. The summed E-state index contributed by atoms with van der Waals surface area (Å²) in [6.07, 6.45) is 0. The molecule has 2 aromatic carbocycles. The van der Waals surface area contributed by atoms with Gasteiger partial charge in [-0.2, -0.15) is 4.21 Å². The molecule has 3 rings (SSSR count). The van der Waals surface area contributed by atoms with E-state index in [9.17, 15) is 18.2 Å². The highest BCUT2D eigenvalue weighted by atomic mass is 32.2. The number of carbonyl (C=O) groups is 2. The molecule has 1 aliphatic heterocycles. The summed E-state index contributed by atoms with van der Waals surface area (Å²) in [7, 11) is 0. The Morgan fingerprint density at radius 1 is 1.30 bits per heavy atom. The number of benzene rings is 2. The van der Waals surface area contributed by atoms with Crippen LogP contribution in [0.2, 0.25) is 0 Å². The van der Waals surface area contributed by atoms with Crippen molar-refractivity contribution in [1.29, 1.82) is 0 Å². The van der Waals surface area contributed by atoms with Crippen LogP contribution < -0.4 is 20.3 Å². The summed E-state index contributed by atoms with van der Waals surface area (Å²) < 4.78 is 43.7. The number of halogens is 1. The van der Waals surface area contributed by atoms with Gasteiger partial charge in [0.2, 0.25) is 5.91 Å². The molecule has 1 aliphatic rings. The van der Waals surface area contributed by atoms with Gasteiger partial charge in [0.15, 0.2) is 5.60 Å². The Balaban J connectivity index is 2.01. The summed E-state index contributed by atoms with van der Waals surface area (Å²) >= 11 is -2.40. The third kappa shape index (κ3) is 4.58. The quantitative estimate of drug-likeness (QED) is 0.469. The predicted octanol–water partition coefficient (Wildman–Crippen LogP) is 3.14. The second-order valence-corrected chi connectivity index (χ2v) is 7.61. The van der Waals surface area contributed by atoms with Crippen LogP contribution >= 0.6 is 0 Å². The third-order valence-corrected chi connectivity index (χ3v) is 4.56. The molecule has 3 N–H and O–H groups in total. The molecule has 0 spiro atoms. The minimum absolute atomic E-state index is 0.0499. The zero-order valence-corrected chi connectivity index (χ0v) is 17.2. The molecule has 160 valence electrons. The van der Waals surface area contributed by atoms with Crippen molar-refractivity contribution in [3.05, 3.63) is 42.2 Å². The summed E-state index contributed by atoms with van der Waals surface area (Å²) in [6, 6.07) is 8.82. The second kappa shape index (κ2) is 8.38. The van der Waals surface area contributed by atoms with E-state index in [1.54, 1.807) is 32.0 Å². The standard InChI is InChI=1S/C19H20FN3O6S/c1-11(24)22-15-9-13(5-6-14(15)20)23-16-7-4-12(21-10-28-30(26)27)8-17(16)29-19(2,3)18(23)25/h4-9,21H,10H2,1-3H3,(H,22,24)(H,26,27). The number of nitrogens with zero attached hydrogens (tertiary/aromatic N) is 1. The Morgan fingerprint density at radius 3 is 2.70 bits per heavy atom. The van der Waals surface area contributed by atoms with Gasteiger partial charge in [-0.1, -0.05) is 0 Å². The minimum atomic E-state index is -2.40. The van der Waals surface area contributed by atoms with Gasteiger partial charge in [-0.3, -0.25) is 19.0 Å². The first kappa shape index (κ1) is 21.7. The average molecular weight is 437 g/mol. The van der Waals surface area contributed by atoms with E-state index in [0.717, 1.165) is 6.07 Å². The molecule has 0 aliphatic carbocycles. The molecule has 2 aromatic rings. The van der Waals surface area contributed by atoms with Crippen molar-refractivity contribution < 1.29 is 31.7 Å². The Labute approximate surface area is 174 Å². The minimum Gasteiger partial charge on any atom is -0.476 e. The molecule has 2 amide bonds. The number of nitrogens with one attached hydrogen (secondary N) is 2. The number of carbonyl (C=O) groups excluding carboxylic acids is 2. The zero-order valence-electron chi connectivity index (χ0n) is 16.4. The number of hydrogen-bond acceptors (Lipinski definition) is 6. The number of amides is 2. The van der Waals surface area contributed by atoms with Gasteiger partial charge in [-0.25, -0.2) is 8.57 Å². The monoisotopic (exact) mass is 437 g/mol. The van der Waals surface area contributed by atoms with Crippen LogP contribution in [0.25, 0.3) is 0 Å². The first-order valence-electron chi connectivity index (χ1n) is 8.81. The number of rotatable bonds is 6. The molecule has 0 bridgehead atoms. The van der Waals surface area contributed by atoms with Crippen molar-refractivity contribution in [3.8, 4) is 5.75 Å². The highest BCUT2D eigenvalue weighted by Gasteiger charge is 2.42. The Hall–Kier alpha value is -3.02. The highest BCUT2D eigenvalue weighted by molar-refractivity contribution is 7.74. The SMILES string of the molecule is CC(=O)Nc1cc(N2C(=O)C(C)(C)Oc3cc(NCOS(=O)O)ccc32)ccc1F. The van der Waals surface area contributed by atoms with Crippen LogP contribution in [0.4, 0.5) is 27.1 Å². The maximum atomic E-state index is 14.1. The van der Waals surface area contributed by atoms with Crippen LogP contribution in [-0.4, -0.2) is 32.9 Å². The van der Waals surface area contributed by atoms with Crippen molar-refractivity contribution in [3.63, 3.8) is 0 Å². The topological polar surface area (TPSA) is 117 Å². The van der Waals surface area contributed by atoms with Crippen LogP contribution in [0.1, 0.15) is 20.8 Å². The van der Waals surface area contributed by atoms with E-state index >= 15 is 0 Å². The number of anilines is 4. The number of fused-ring (bicyclic) bond motifs is 1. The molecule has 1 heterocycles. The largest absolute Gasteiger partial charge is 0.476 e. The van der Waals surface area contributed by atoms with Gasteiger partial charge in [-0.15, -0.1) is 0 Å². The smallest absolute Gasteiger partial charge is 0.303 e. The third-order valence-electron chi connectivity index (χ3n) is 4.24. The van der Waals surface area contributed by atoms with Gasteiger partial charge in [0.25, 0.3) is 5.91 Å². The van der Waals surface area contributed by atoms with Crippen molar-refractivity contribution in [2.75, 3.05) is 22.3 Å². The average Bonchev–Trinajstić information content (AvgIpc) is 2.64. The van der Waals surface area contributed by atoms with E-state index in [2.05, 4.69) is 14.8 Å². The Bertz CT molecular complexity index is 1030. The zero-order chi connectivity index (χ0) is 22.1. The summed E-state index contributed by atoms with van der Waals surface area (Å²) in [5.41, 5.74) is 0.0184. The molecule has 30 heavy (non-hydrogen) atoms. The molecule has 1 unspecified atom stereocenters. The van der Waals surface area contributed by atoms with Gasteiger partial charge in [0.05, 0.1) is 17.1 Å². The van der Waals surface area contributed by atoms with Crippen LogP contribution in [-0.2, 0) is 25.1 Å². The number of ether oxygens (including phenoxy) is 1. The first-order valence-corrected chi connectivity index (χ1v) is 9.84. The van der Waals surface area contributed by atoms with Crippen LogP contribution in [0.3, 0.4) is 0 Å². The van der Waals surface area contributed by atoms with Crippen molar-refractivity contribution in [2.45, 2.75) is 26.4 Å². The van der Waals surface area contributed by atoms with E-state index in [0.29, 0.717) is 22.8 Å². The van der Waals surface area contributed by atoms with Crippen LogP contribution in [0.5, 0.6) is 5.75 Å². The van der Waals surface area contributed by atoms with Gasteiger partial charge in [0.1, 0.15) is 18.3 Å². The van der Waals surface area contributed by atoms with Gasteiger partial charge >= 0.3 is 11.4 Å². The van der Waals surface area contributed by atoms with Crippen molar-refractivity contribution in [2.24, 2.45) is 0 Å². The predicted molar refractivity (Wildman–Crippen MR) is 109 cm³/mol. The molecule has 0 radical (unpaired) electrons. The lowest BCUT2D eigenvalue weighted by Crippen LogP contribution is -2.50. The molecule has 1 atom stereocenters. The highest BCUT2D eigenvalue weighted by Crippen LogP contribution is 2.43. The fourth-order valence-electron chi connectivity index (χ4n) is 2.95. The van der Waals surface area contributed by atoms with Gasteiger partial charge < -0.3 is 15.4 Å². The second-order valence-electron chi connectivity index (χ2n) is 6.94. The summed E-state index contributed by atoms with van der Waals surface area (Å²) in [5.74, 6) is -1.09. The summed E-state index contributed by atoms with van der Waals surface area (Å²) in [6.45, 7) is 4.24. The molecule has 0 aromatic heterocycles. The molecule has 0 saturated carbocycles. The maximum absolute atomic E-state index is 14.1. The van der Waals surface area contributed by atoms with E-state index < -0.39 is 28.7 Å². The number of hydrogen-bond donors (Lipinski definition) is 3. The normalized spacial score (nSPS) is 15.8. The fourth-order valence-corrected chi connectivity index (χ4v) is 3.10. The molecule has 9 nitrogen and oxygen atoms in total. The van der Waals surface area contributed by atoms with Crippen molar-refractivity contribution >= 4 is 45.9 Å². The van der Waals surface area contributed by atoms with E-state index in [1.807, 2.05) is 0 Å². The lowest BCUT2D eigenvalue weighted by molar-refractivity contribution is -0.131. The van der Waals surface area contributed by atoms with Crippen molar-refractivity contribution in [1.82, 2.24) is 0 Å². The lowest BCUT2D eigenvalue weighted by Gasteiger charge is -2.39. The molecule has 0 fully saturated rings. The Morgan fingerprint density at radius 2 is 2.03 bits per heavy atom. The lowest BCUT2D eigenvalue weighted by atomic mass is 10.0. The summed E-state index contributed by atoms with van der Waals surface area (Å²) in [4.78, 5) is 25.8. The molecule has 11 heteroatoms. The van der Waals surface area contributed by atoms with Crippen LogP contribution in [0.15, 0.2) is 36.4 Å². The van der Waals surface area contributed by atoms with E-state index in [1.165, 1.54) is 24.0 Å². The molecular formula is C19H20FN3O6S.